The fourth-order valence-corrected chi connectivity index (χ4v) is 2.84. The third-order valence-corrected chi connectivity index (χ3v) is 4.46. The van der Waals surface area contributed by atoms with E-state index in [1.54, 1.807) is 0 Å². The Morgan fingerprint density at radius 3 is 2.35 bits per heavy atom. The predicted molar refractivity (Wildman–Crippen MR) is 88.5 cm³/mol. The minimum absolute atomic E-state index is 0.285. The van der Waals surface area contributed by atoms with Gasteiger partial charge in [0.15, 0.2) is 0 Å². The maximum Gasteiger partial charge on any atom is 0.0254 e. The third-order valence-electron chi connectivity index (χ3n) is 3.68. The van der Waals surface area contributed by atoms with Gasteiger partial charge in [-0.15, -0.1) is 0 Å². The van der Waals surface area contributed by atoms with Crippen LogP contribution in [0.5, 0.6) is 0 Å². The van der Waals surface area contributed by atoms with Gasteiger partial charge in [0.2, 0.25) is 0 Å². The van der Waals surface area contributed by atoms with E-state index >= 15 is 0 Å². The molecule has 2 nitrogen and oxygen atoms in total. The molecule has 0 radical (unpaired) electrons. The smallest absolute Gasteiger partial charge is 0.0254 e. The summed E-state index contributed by atoms with van der Waals surface area (Å²) in [5, 5.41) is 0. The molecule has 0 aromatic heterocycles. The summed E-state index contributed by atoms with van der Waals surface area (Å²) in [6.07, 6.45) is 3.01. The SMILES string of the molecule is Cc1ccccc1CCC(Cc1ccccc1Br)NN. The summed E-state index contributed by atoms with van der Waals surface area (Å²) in [6.45, 7) is 2.16. The van der Waals surface area contributed by atoms with Crippen molar-refractivity contribution in [1.82, 2.24) is 5.43 Å². The minimum Gasteiger partial charge on any atom is -0.271 e. The van der Waals surface area contributed by atoms with Crippen molar-refractivity contribution in [3.8, 4) is 0 Å². The molecule has 0 heterocycles. The molecular formula is C17H21BrN2. The molecule has 0 aliphatic carbocycles. The molecule has 3 N–H and O–H groups in total. The summed E-state index contributed by atoms with van der Waals surface area (Å²) < 4.78 is 1.15. The van der Waals surface area contributed by atoms with Crippen molar-refractivity contribution >= 4 is 15.9 Å². The lowest BCUT2D eigenvalue weighted by Gasteiger charge is -2.17. The number of benzene rings is 2. The van der Waals surface area contributed by atoms with Crippen LogP contribution in [-0.2, 0) is 12.8 Å². The quantitative estimate of drug-likeness (QED) is 0.624. The third kappa shape index (κ3) is 4.17. The van der Waals surface area contributed by atoms with Gasteiger partial charge in [0.1, 0.15) is 0 Å². The molecule has 0 fully saturated rings. The number of rotatable bonds is 6. The van der Waals surface area contributed by atoms with Crippen molar-refractivity contribution in [2.45, 2.75) is 32.2 Å². The highest BCUT2D eigenvalue weighted by atomic mass is 79.9. The van der Waals surface area contributed by atoms with E-state index in [-0.39, 0.29) is 6.04 Å². The molecule has 106 valence electrons. The number of aryl methyl sites for hydroxylation is 2. The van der Waals surface area contributed by atoms with Gasteiger partial charge in [-0.05, 0) is 48.9 Å². The van der Waals surface area contributed by atoms with Gasteiger partial charge >= 0.3 is 0 Å². The lowest BCUT2D eigenvalue weighted by atomic mass is 9.97. The molecule has 2 aromatic rings. The molecule has 0 spiro atoms. The van der Waals surface area contributed by atoms with Crippen LogP contribution in [-0.4, -0.2) is 6.04 Å². The Hall–Kier alpha value is -1.16. The van der Waals surface area contributed by atoms with Crippen molar-refractivity contribution in [1.29, 1.82) is 0 Å². The second-order valence-electron chi connectivity index (χ2n) is 5.12. The number of hydrazine groups is 1. The molecule has 0 aliphatic heterocycles. The summed E-state index contributed by atoms with van der Waals surface area (Å²) in [5.41, 5.74) is 6.99. The van der Waals surface area contributed by atoms with Gasteiger partial charge in [-0.2, -0.15) is 0 Å². The molecular weight excluding hydrogens is 312 g/mol. The maximum atomic E-state index is 5.71. The highest BCUT2D eigenvalue weighted by Crippen LogP contribution is 2.19. The molecule has 2 aromatic carbocycles. The first kappa shape index (κ1) is 15.2. The Labute approximate surface area is 129 Å². The van der Waals surface area contributed by atoms with Gasteiger partial charge < -0.3 is 0 Å². The summed E-state index contributed by atoms with van der Waals surface area (Å²) >= 11 is 3.59. The first-order chi connectivity index (χ1) is 9.70. The van der Waals surface area contributed by atoms with Crippen molar-refractivity contribution in [2.75, 3.05) is 0 Å². The van der Waals surface area contributed by atoms with Crippen LogP contribution in [0.3, 0.4) is 0 Å². The van der Waals surface area contributed by atoms with Gasteiger partial charge in [-0.25, -0.2) is 0 Å². The lowest BCUT2D eigenvalue weighted by Crippen LogP contribution is -2.37. The van der Waals surface area contributed by atoms with Crippen molar-refractivity contribution in [3.05, 3.63) is 69.7 Å². The van der Waals surface area contributed by atoms with E-state index in [4.69, 9.17) is 5.84 Å². The second kappa shape index (κ2) is 7.58. The van der Waals surface area contributed by atoms with Crippen molar-refractivity contribution < 1.29 is 0 Å². The number of nitrogens with one attached hydrogen (secondary N) is 1. The van der Waals surface area contributed by atoms with E-state index < -0.39 is 0 Å². The number of hydrogen-bond donors (Lipinski definition) is 2. The Morgan fingerprint density at radius 1 is 1.05 bits per heavy atom. The molecule has 0 saturated heterocycles. The van der Waals surface area contributed by atoms with E-state index in [1.165, 1.54) is 16.7 Å². The number of hydrogen-bond acceptors (Lipinski definition) is 2. The van der Waals surface area contributed by atoms with Gasteiger partial charge in [0, 0.05) is 10.5 Å². The van der Waals surface area contributed by atoms with E-state index in [2.05, 4.69) is 70.7 Å². The molecule has 3 heteroatoms. The Balaban J connectivity index is 1.96. The van der Waals surface area contributed by atoms with Crippen LogP contribution >= 0.6 is 15.9 Å². The average molecular weight is 333 g/mol. The van der Waals surface area contributed by atoms with Crippen molar-refractivity contribution in [2.24, 2.45) is 5.84 Å². The lowest BCUT2D eigenvalue weighted by molar-refractivity contribution is 0.490. The van der Waals surface area contributed by atoms with Crippen LogP contribution in [0.2, 0.25) is 0 Å². The molecule has 1 atom stereocenters. The highest BCUT2D eigenvalue weighted by molar-refractivity contribution is 9.10. The Kier molecular flexibility index (Phi) is 5.77. The van der Waals surface area contributed by atoms with Crippen LogP contribution < -0.4 is 11.3 Å². The van der Waals surface area contributed by atoms with Crippen LogP contribution in [0, 0.1) is 6.92 Å². The Morgan fingerprint density at radius 2 is 1.70 bits per heavy atom. The summed E-state index contributed by atoms with van der Waals surface area (Å²) in [4.78, 5) is 0. The zero-order chi connectivity index (χ0) is 14.4. The largest absolute Gasteiger partial charge is 0.271 e. The van der Waals surface area contributed by atoms with Crippen molar-refractivity contribution in [3.63, 3.8) is 0 Å². The monoisotopic (exact) mass is 332 g/mol. The van der Waals surface area contributed by atoms with E-state index in [0.29, 0.717) is 0 Å². The van der Waals surface area contributed by atoms with Gasteiger partial charge in [0.05, 0.1) is 0 Å². The van der Waals surface area contributed by atoms with Crippen LogP contribution in [0.4, 0.5) is 0 Å². The van der Waals surface area contributed by atoms with Crippen LogP contribution in [0.15, 0.2) is 53.0 Å². The first-order valence-electron chi connectivity index (χ1n) is 6.94. The maximum absolute atomic E-state index is 5.71. The standard InChI is InChI=1S/C17H21BrN2/c1-13-6-2-3-7-14(13)10-11-16(20-19)12-15-8-4-5-9-17(15)18/h2-9,16,20H,10-12,19H2,1H3. The van der Waals surface area contributed by atoms with Crippen LogP contribution in [0.1, 0.15) is 23.1 Å². The molecule has 0 saturated carbocycles. The molecule has 1 unspecified atom stereocenters. The molecule has 20 heavy (non-hydrogen) atoms. The second-order valence-corrected chi connectivity index (χ2v) is 5.98. The normalized spacial score (nSPS) is 12.3. The van der Waals surface area contributed by atoms with Gasteiger partial charge in [-0.1, -0.05) is 58.4 Å². The minimum atomic E-state index is 0.285. The summed E-state index contributed by atoms with van der Waals surface area (Å²) in [7, 11) is 0. The predicted octanol–water partition coefficient (Wildman–Crippen LogP) is 3.76. The topological polar surface area (TPSA) is 38.0 Å². The van der Waals surface area contributed by atoms with Gasteiger partial charge in [0.25, 0.3) is 0 Å². The Bertz CT molecular complexity index is 554. The fraction of sp³-hybridized carbons (Fsp3) is 0.294. The molecule has 2 rings (SSSR count). The zero-order valence-electron chi connectivity index (χ0n) is 11.8. The number of halogens is 1. The average Bonchev–Trinajstić information content (AvgIpc) is 2.47. The van der Waals surface area contributed by atoms with E-state index in [0.717, 1.165) is 23.7 Å². The zero-order valence-corrected chi connectivity index (χ0v) is 13.4. The highest BCUT2D eigenvalue weighted by Gasteiger charge is 2.10. The summed E-state index contributed by atoms with van der Waals surface area (Å²) in [5.74, 6) is 5.71. The van der Waals surface area contributed by atoms with Gasteiger partial charge in [-0.3, -0.25) is 11.3 Å². The summed E-state index contributed by atoms with van der Waals surface area (Å²) in [6, 6.07) is 17.1. The fourth-order valence-electron chi connectivity index (χ4n) is 2.39. The number of nitrogens with two attached hydrogens (primary N) is 1. The molecule has 0 amide bonds. The van der Waals surface area contributed by atoms with Crippen LogP contribution in [0.25, 0.3) is 0 Å². The molecule has 0 aliphatic rings. The van der Waals surface area contributed by atoms with E-state index in [9.17, 15) is 0 Å². The first-order valence-corrected chi connectivity index (χ1v) is 7.74. The molecule has 0 bridgehead atoms. The van der Waals surface area contributed by atoms with E-state index in [1.807, 2.05) is 6.07 Å².